The number of piperidine rings is 1. The monoisotopic (exact) mass is 345 g/mol. The minimum absolute atomic E-state index is 0.250. The lowest BCUT2D eigenvalue weighted by Gasteiger charge is -2.46. The summed E-state index contributed by atoms with van der Waals surface area (Å²) in [7, 11) is 0. The zero-order chi connectivity index (χ0) is 17.6. The van der Waals surface area contributed by atoms with Gasteiger partial charge in [-0.1, -0.05) is 0 Å². The molecule has 0 bridgehead atoms. The van der Waals surface area contributed by atoms with Crippen molar-refractivity contribution >= 4 is 5.82 Å². The number of rotatable bonds is 2. The van der Waals surface area contributed by atoms with Crippen molar-refractivity contribution in [2.75, 3.05) is 11.4 Å². The molecule has 2 rings (SSSR count). The molecule has 23 heavy (non-hydrogen) atoms. The Morgan fingerprint density at radius 3 is 2.30 bits per heavy atom. The third kappa shape index (κ3) is 3.66. The maximum atomic E-state index is 13.5. The normalized spacial score (nSPS) is 20.9. The molecule has 0 aromatic carbocycles. The Labute approximate surface area is 127 Å². The molecule has 130 valence electrons. The Hall–Kier alpha value is -1.61. The molecule has 1 aliphatic heterocycles. The first-order chi connectivity index (χ1) is 10.3. The van der Waals surface area contributed by atoms with Gasteiger partial charge in [-0.05, 0) is 13.8 Å². The Balaban J connectivity index is 2.45. The predicted molar refractivity (Wildman–Crippen MR) is 67.6 cm³/mol. The molecule has 2 heterocycles. The van der Waals surface area contributed by atoms with E-state index in [0.29, 0.717) is 0 Å². The average Bonchev–Trinajstić information content (AvgIpc) is 2.34. The topological polar surface area (TPSA) is 29.0 Å². The summed E-state index contributed by atoms with van der Waals surface area (Å²) in [4.78, 5) is 7.64. The molecule has 0 atom stereocenters. The quantitative estimate of drug-likeness (QED) is 0.742. The second-order valence-electron chi connectivity index (χ2n) is 6.01. The van der Waals surface area contributed by atoms with Crippen molar-refractivity contribution < 1.29 is 30.7 Å². The molecule has 0 unspecified atom stereocenters. The van der Waals surface area contributed by atoms with E-state index in [-0.39, 0.29) is 12.4 Å². The number of aromatic nitrogens is 2. The van der Waals surface area contributed by atoms with E-state index in [0.717, 1.165) is 6.20 Å². The van der Waals surface area contributed by atoms with Crippen molar-refractivity contribution in [2.24, 2.45) is 0 Å². The van der Waals surface area contributed by atoms with Crippen LogP contribution in [0.2, 0.25) is 0 Å². The highest BCUT2D eigenvalue weighted by atomic mass is 19.4. The number of hydrogen-bond acceptors (Lipinski definition) is 3. The number of alkyl halides is 7. The van der Waals surface area contributed by atoms with E-state index in [1.807, 2.05) is 0 Å². The van der Waals surface area contributed by atoms with E-state index in [9.17, 15) is 30.7 Å². The molecule has 10 heteroatoms. The van der Waals surface area contributed by atoms with Gasteiger partial charge in [0.1, 0.15) is 11.5 Å². The van der Waals surface area contributed by atoms with E-state index in [1.165, 1.54) is 18.7 Å². The third-order valence-electron chi connectivity index (χ3n) is 3.66. The molecular weight excluding hydrogens is 331 g/mol. The van der Waals surface area contributed by atoms with Gasteiger partial charge >= 0.3 is 6.18 Å². The molecule has 0 spiro atoms. The van der Waals surface area contributed by atoms with E-state index in [4.69, 9.17) is 0 Å². The number of nitrogens with zero attached hydrogens (tertiary/aromatic N) is 3. The van der Waals surface area contributed by atoms with E-state index >= 15 is 0 Å². The van der Waals surface area contributed by atoms with Crippen LogP contribution in [-0.2, 0) is 6.18 Å². The van der Waals surface area contributed by atoms with Gasteiger partial charge in [0.05, 0.1) is 6.20 Å². The van der Waals surface area contributed by atoms with Crippen LogP contribution in [-0.4, -0.2) is 28.0 Å². The zero-order valence-corrected chi connectivity index (χ0v) is 12.3. The second kappa shape index (κ2) is 5.48. The minimum Gasteiger partial charge on any atom is -0.350 e. The van der Waals surface area contributed by atoms with Gasteiger partial charge in [0.2, 0.25) is 0 Å². The number of anilines is 1. The molecular formula is C13H14F7N3. The van der Waals surface area contributed by atoms with Crippen molar-refractivity contribution in [3.8, 4) is 0 Å². The van der Waals surface area contributed by atoms with E-state index in [2.05, 4.69) is 9.97 Å². The lowest BCUT2D eigenvalue weighted by molar-refractivity contribution is -0.143. The van der Waals surface area contributed by atoms with Crippen LogP contribution in [0.1, 0.15) is 44.5 Å². The molecule has 0 N–H and O–H groups in total. The highest BCUT2D eigenvalue weighted by Crippen LogP contribution is 2.41. The van der Waals surface area contributed by atoms with Crippen molar-refractivity contribution in [3.63, 3.8) is 0 Å². The summed E-state index contributed by atoms with van der Waals surface area (Å²) >= 11 is 0. The van der Waals surface area contributed by atoms with E-state index in [1.54, 1.807) is 0 Å². The van der Waals surface area contributed by atoms with Crippen LogP contribution in [0.3, 0.4) is 0 Å². The summed E-state index contributed by atoms with van der Waals surface area (Å²) in [6.07, 6.45) is -8.93. The Morgan fingerprint density at radius 1 is 1.22 bits per heavy atom. The summed E-state index contributed by atoms with van der Waals surface area (Å²) in [6.45, 7) is 2.60. The Morgan fingerprint density at radius 2 is 1.83 bits per heavy atom. The third-order valence-corrected chi connectivity index (χ3v) is 3.66. The second-order valence-corrected chi connectivity index (χ2v) is 6.01. The summed E-state index contributed by atoms with van der Waals surface area (Å²) in [5.74, 6) is -3.29. The number of hydrogen-bond donors (Lipinski definition) is 0. The van der Waals surface area contributed by atoms with Crippen LogP contribution in [0.25, 0.3) is 0 Å². The summed E-state index contributed by atoms with van der Waals surface area (Å²) in [5, 5.41) is 0. The van der Waals surface area contributed by atoms with Gasteiger partial charge in [-0.15, -0.1) is 0 Å². The lowest BCUT2D eigenvalue weighted by atomic mass is 9.88. The lowest BCUT2D eigenvalue weighted by Crippen LogP contribution is -2.54. The molecule has 3 nitrogen and oxygen atoms in total. The average molecular weight is 345 g/mol. The van der Waals surface area contributed by atoms with Gasteiger partial charge in [-0.25, -0.2) is 27.5 Å². The standard InChI is InChI=1S/C13H14F7N3/c1-11(2)6-12(16,17)3-4-23(11)7-5-21-8(10(14)15)9(22-7)13(18,19)20/h5,10H,3-4,6H2,1-2H3. The Bertz CT molecular complexity index is 583. The maximum Gasteiger partial charge on any atom is 0.435 e. The van der Waals surface area contributed by atoms with Gasteiger partial charge in [-0.2, -0.15) is 13.2 Å². The Kier molecular flexibility index (Phi) is 4.23. The summed E-state index contributed by atoms with van der Waals surface area (Å²) < 4.78 is 91.0. The highest BCUT2D eigenvalue weighted by Gasteiger charge is 2.46. The minimum atomic E-state index is -5.11. The fourth-order valence-electron chi connectivity index (χ4n) is 2.71. The molecule has 1 aliphatic rings. The van der Waals surface area contributed by atoms with E-state index < -0.39 is 48.3 Å². The molecule has 1 aromatic heterocycles. The van der Waals surface area contributed by atoms with Gasteiger partial charge in [0, 0.05) is 24.9 Å². The molecule has 0 amide bonds. The fraction of sp³-hybridized carbons (Fsp3) is 0.692. The molecule has 0 aliphatic carbocycles. The fourth-order valence-corrected chi connectivity index (χ4v) is 2.71. The molecule has 1 saturated heterocycles. The van der Waals surface area contributed by atoms with Gasteiger partial charge < -0.3 is 4.90 Å². The van der Waals surface area contributed by atoms with Crippen molar-refractivity contribution in [1.82, 2.24) is 9.97 Å². The molecule has 1 aromatic rings. The highest BCUT2D eigenvalue weighted by molar-refractivity contribution is 5.43. The van der Waals surface area contributed by atoms with Gasteiger partial charge in [0.25, 0.3) is 12.3 Å². The molecule has 1 fully saturated rings. The first-order valence-corrected chi connectivity index (χ1v) is 6.71. The summed E-state index contributed by atoms with van der Waals surface area (Å²) in [6, 6.07) is 0. The van der Waals surface area contributed by atoms with Crippen LogP contribution in [0.15, 0.2) is 6.20 Å². The van der Waals surface area contributed by atoms with Gasteiger partial charge in [0.15, 0.2) is 5.69 Å². The molecule has 0 saturated carbocycles. The smallest absolute Gasteiger partial charge is 0.350 e. The van der Waals surface area contributed by atoms with Crippen LogP contribution >= 0.6 is 0 Å². The molecule has 0 radical (unpaired) electrons. The number of halogens is 7. The summed E-state index contributed by atoms with van der Waals surface area (Å²) in [5.41, 5.74) is -4.45. The maximum absolute atomic E-state index is 13.5. The van der Waals surface area contributed by atoms with Crippen LogP contribution in [0.5, 0.6) is 0 Å². The van der Waals surface area contributed by atoms with Crippen LogP contribution in [0, 0.1) is 0 Å². The SMILES string of the molecule is CC1(C)CC(F)(F)CCN1c1cnc(C(F)F)c(C(F)(F)F)n1. The van der Waals surface area contributed by atoms with Crippen LogP contribution < -0.4 is 4.90 Å². The van der Waals surface area contributed by atoms with Crippen molar-refractivity contribution in [1.29, 1.82) is 0 Å². The van der Waals surface area contributed by atoms with Gasteiger partial charge in [-0.3, -0.25) is 0 Å². The predicted octanol–water partition coefficient (Wildman–Crippen LogP) is 4.45. The van der Waals surface area contributed by atoms with Crippen molar-refractivity contribution in [3.05, 3.63) is 17.6 Å². The zero-order valence-electron chi connectivity index (χ0n) is 12.3. The van der Waals surface area contributed by atoms with Crippen LogP contribution in [0.4, 0.5) is 36.6 Å². The largest absolute Gasteiger partial charge is 0.435 e. The van der Waals surface area contributed by atoms with Crippen molar-refractivity contribution in [2.45, 2.75) is 50.8 Å². The first-order valence-electron chi connectivity index (χ1n) is 6.71. The first kappa shape index (κ1) is 17.7.